The lowest BCUT2D eigenvalue weighted by atomic mass is 10.1. The van der Waals surface area contributed by atoms with Crippen LogP contribution in [0.5, 0.6) is 0 Å². The maximum Gasteiger partial charge on any atom is 0.0702 e. The predicted octanol–water partition coefficient (Wildman–Crippen LogP) is 2.42. The molecule has 3 nitrogen and oxygen atoms in total. The van der Waals surface area contributed by atoms with Gasteiger partial charge in [0.15, 0.2) is 0 Å². The molecule has 0 bridgehead atoms. The molecule has 5 heteroatoms. The summed E-state index contributed by atoms with van der Waals surface area (Å²) >= 11 is 5.89. The normalized spacial score (nSPS) is 16.4. The fraction of sp³-hybridized carbons (Fsp3) is 0.500. The first-order chi connectivity index (χ1) is 7.79. The van der Waals surface area contributed by atoms with Crippen molar-refractivity contribution in [1.29, 1.82) is 0 Å². The maximum atomic E-state index is 9.26. The van der Waals surface area contributed by atoms with Crippen LogP contribution in [-0.4, -0.2) is 24.2 Å². The van der Waals surface area contributed by atoms with Gasteiger partial charge < -0.3 is 15.7 Å². The average molecular weight is 277 g/mol. The van der Waals surface area contributed by atoms with Gasteiger partial charge in [0, 0.05) is 22.3 Å². The summed E-state index contributed by atoms with van der Waals surface area (Å²) in [5.74, 6) is 0. The van der Waals surface area contributed by atoms with Gasteiger partial charge in [-0.05, 0) is 44.1 Å². The quantitative estimate of drug-likeness (QED) is 0.795. The van der Waals surface area contributed by atoms with Crippen molar-refractivity contribution in [2.45, 2.75) is 25.5 Å². The van der Waals surface area contributed by atoms with Gasteiger partial charge in [0.1, 0.15) is 0 Å². The highest BCUT2D eigenvalue weighted by molar-refractivity contribution is 6.30. The van der Waals surface area contributed by atoms with Crippen LogP contribution in [0.3, 0.4) is 0 Å². The van der Waals surface area contributed by atoms with Crippen LogP contribution in [0.2, 0.25) is 5.02 Å². The molecule has 0 unspecified atom stereocenters. The average Bonchev–Trinajstić information content (AvgIpc) is 2.33. The van der Waals surface area contributed by atoms with Crippen LogP contribution < -0.4 is 10.6 Å². The number of rotatable bonds is 3. The minimum absolute atomic E-state index is 0. The Morgan fingerprint density at radius 2 is 2.06 bits per heavy atom. The van der Waals surface area contributed by atoms with Crippen molar-refractivity contribution >= 4 is 29.7 Å². The van der Waals surface area contributed by atoms with E-state index >= 15 is 0 Å². The van der Waals surface area contributed by atoms with E-state index in [4.69, 9.17) is 11.6 Å². The van der Waals surface area contributed by atoms with Crippen molar-refractivity contribution in [2.24, 2.45) is 0 Å². The molecule has 1 aromatic rings. The summed E-state index contributed by atoms with van der Waals surface area (Å²) in [6, 6.07) is 6.10. The highest BCUT2D eigenvalue weighted by atomic mass is 35.5. The summed E-state index contributed by atoms with van der Waals surface area (Å²) in [5, 5.41) is 16.7. The SMILES string of the molecule is Cl.OCc1cc(Cl)ccc1NC1CCNCC1. The highest BCUT2D eigenvalue weighted by Gasteiger charge is 2.13. The van der Waals surface area contributed by atoms with Crippen LogP contribution in [0, 0.1) is 0 Å². The van der Waals surface area contributed by atoms with Gasteiger partial charge in [-0.25, -0.2) is 0 Å². The number of aliphatic hydroxyl groups is 1. The molecule has 1 saturated heterocycles. The van der Waals surface area contributed by atoms with Crippen molar-refractivity contribution in [1.82, 2.24) is 5.32 Å². The second-order valence-corrected chi connectivity index (χ2v) is 4.56. The molecule has 0 amide bonds. The summed E-state index contributed by atoms with van der Waals surface area (Å²) in [5.41, 5.74) is 1.87. The molecule has 17 heavy (non-hydrogen) atoms. The number of hydrogen-bond acceptors (Lipinski definition) is 3. The molecular weight excluding hydrogens is 259 g/mol. The van der Waals surface area contributed by atoms with Gasteiger partial charge in [-0.2, -0.15) is 0 Å². The molecule has 0 aliphatic carbocycles. The first kappa shape index (κ1) is 14.6. The van der Waals surface area contributed by atoms with Gasteiger partial charge in [-0.15, -0.1) is 12.4 Å². The van der Waals surface area contributed by atoms with Gasteiger partial charge >= 0.3 is 0 Å². The van der Waals surface area contributed by atoms with Gasteiger partial charge in [-0.3, -0.25) is 0 Å². The largest absolute Gasteiger partial charge is 0.392 e. The topological polar surface area (TPSA) is 44.3 Å². The lowest BCUT2D eigenvalue weighted by Crippen LogP contribution is -2.35. The Bertz CT molecular complexity index is 354. The third-order valence-electron chi connectivity index (χ3n) is 2.94. The first-order valence-corrected chi connectivity index (χ1v) is 6.04. The summed E-state index contributed by atoms with van der Waals surface area (Å²) in [6.45, 7) is 2.13. The molecule has 0 aromatic heterocycles. The number of aliphatic hydroxyl groups excluding tert-OH is 1. The number of anilines is 1. The zero-order valence-electron chi connectivity index (χ0n) is 9.58. The Morgan fingerprint density at radius 3 is 2.71 bits per heavy atom. The molecule has 0 spiro atoms. The summed E-state index contributed by atoms with van der Waals surface area (Å²) < 4.78 is 0. The minimum atomic E-state index is 0. The molecule has 1 heterocycles. The smallest absolute Gasteiger partial charge is 0.0702 e. The van der Waals surface area contributed by atoms with Gasteiger partial charge in [0.2, 0.25) is 0 Å². The van der Waals surface area contributed by atoms with Crippen LogP contribution in [0.1, 0.15) is 18.4 Å². The van der Waals surface area contributed by atoms with E-state index in [0.717, 1.165) is 37.2 Å². The second-order valence-electron chi connectivity index (χ2n) is 4.13. The van der Waals surface area contributed by atoms with E-state index in [0.29, 0.717) is 11.1 Å². The van der Waals surface area contributed by atoms with E-state index in [2.05, 4.69) is 10.6 Å². The fourth-order valence-electron chi connectivity index (χ4n) is 2.02. The summed E-state index contributed by atoms with van der Waals surface area (Å²) in [4.78, 5) is 0. The molecule has 0 radical (unpaired) electrons. The van der Waals surface area contributed by atoms with Crippen molar-refractivity contribution in [2.75, 3.05) is 18.4 Å². The zero-order valence-corrected chi connectivity index (χ0v) is 11.2. The second kappa shape index (κ2) is 7.07. The molecule has 1 fully saturated rings. The van der Waals surface area contributed by atoms with E-state index in [1.54, 1.807) is 0 Å². The fourth-order valence-corrected chi connectivity index (χ4v) is 2.21. The Morgan fingerprint density at radius 1 is 1.35 bits per heavy atom. The van der Waals surface area contributed by atoms with Crippen molar-refractivity contribution < 1.29 is 5.11 Å². The van der Waals surface area contributed by atoms with Gasteiger partial charge in [0.25, 0.3) is 0 Å². The van der Waals surface area contributed by atoms with Crippen LogP contribution in [0.15, 0.2) is 18.2 Å². The Hall–Kier alpha value is -0.480. The van der Waals surface area contributed by atoms with Crippen LogP contribution in [0.25, 0.3) is 0 Å². The van der Waals surface area contributed by atoms with Crippen LogP contribution in [0.4, 0.5) is 5.69 Å². The number of hydrogen-bond donors (Lipinski definition) is 3. The monoisotopic (exact) mass is 276 g/mol. The van der Waals surface area contributed by atoms with E-state index in [1.807, 2.05) is 18.2 Å². The first-order valence-electron chi connectivity index (χ1n) is 5.66. The van der Waals surface area contributed by atoms with Gasteiger partial charge in [0.05, 0.1) is 6.61 Å². The lowest BCUT2D eigenvalue weighted by molar-refractivity contribution is 0.282. The minimum Gasteiger partial charge on any atom is -0.392 e. The predicted molar refractivity (Wildman–Crippen MR) is 74.1 cm³/mol. The highest BCUT2D eigenvalue weighted by Crippen LogP contribution is 2.22. The van der Waals surface area contributed by atoms with E-state index < -0.39 is 0 Å². The maximum absolute atomic E-state index is 9.26. The van der Waals surface area contributed by atoms with Crippen molar-refractivity contribution in [3.8, 4) is 0 Å². The molecule has 96 valence electrons. The Balaban J connectivity index is 0.00000144. The van der Waals surface area contributed by atoms with E-state index in [9.17, 15) is 5.11 Å². The molecule has 2 rings (SSSR count). The molecule has 3 N–H and O–H groups in total. The number of nitrogens with one attached hydrogen (secondary N) is 2. The van der Waals surface area contributed by atoms with Crippen molar-refractivity contribution in [3.63, 3.8) is 0 Å². The molecule has 0 atom stereocenters. The zero-order chi connectivity index (χ0) is 11.4. The number of halogens is 2. The molecule has 0 saturated carbocycles. The molecule has 1 aromatic carbocycles. The van der Waals surface area contributed by atoms with Crippen LogP contribution in [-0.2, 0) is 6.61 Å². The third-order valence-corrected chi connectivity index (χ3v) is 3.17. The van der Waals surface area contributed by atoms with E-state index in [-0.39, 0.29) is 19.0 Å². The van der Waals surface area contributed by atoms with Gasteiger partial charge in [-0.1, -0.05) is 11.6 Å². The molecule has 1 aliphatic rings. The summed E-state index contributed by atoms with van der Waals surface area (Å²) in [7, 11) is 0. The third kappa shape index (κ3) is 4.03. The Labute approximate surface area is 113 Å². The molecule has 1 aliphatic heterocycles. The standard InChI is InChI=1S/C12H17ClN2O.ClH/c13-10-1-2-12(9(7-10)8-16)15-11-3-5-14-6-4-11;/h1-2,7,11,14-16H,3-6,8H2;1H. The van der Waals surface area contributed by atoms with E-state index in [1.165, 1.54) is 0 Å². The number of piperidine rings is 1. The Kier molecular flexibility index (Phi) is 6.06. The number of benzene rings is 1. The van der Waals surface area contributed by atoms with Crippen molar-refractivity contribution in [3.05, 3.63) is 28.8 Å². The lowest BCUT2D eigenvalue weighted by Gasteiger charge is -2.25. The molecular formula is C12H18Cl2N2O. The summed E-state index contributed by atoms with van der Waals surface area (Å²) in [6.07, 6.45) is 2.24. The van der Waals surface area contributed by atoms with Crippen LogP contribution >= 0.6 is 24.0 Å².